The van der Waals surface area contributed by atoms with Gasteiger partial charge in [0.1, 0.15) is 11.9 Å². The molecule has 2 heterocycles. The standard InChI is InChI=1S/C26H31N3O6S/c1-34-20-10-6-17(7-11-20)14-28-15-19-12-13-29(36(2,32)33)16-23(19)35-24-21(26(28)31)4-3-5-22(24)27-25(30)18-8-9-18/h3-7,10-11,18-19,23H,8-9,12-16H2,1-2H3,(H,27,30)/t19-,23-/m0/s1. The van der Waals surface area contributed by atoms with Crippen molar-refractivity contribution in [3.05, 3.63) is 53.6 Å². The molecule has 36 heavy (non-hydrogen) atoms. The van der Waals surface area contributed by atoms with E-state index in [-0.39, 0.29) is 30.2 Å². The Hall–Kier alpha value is -3.11. The number of para-hydroxylation sites is 1. The first kappa shape index (κ1) is 24.6. The Morgan fingerprint density at radius 1 is 1.11 bits per heavy atom. The molecule has 2 amide bonds. The highest BCUT2D eigenvalue weighted by Gasteiger charge is 2.40. The maximum atomic E-state index is 13.8. The monoisotopic (exact) mass is 513 g/mol. The number of anilines is 1. The van der Waals surface area contributed by atoms with Gasteiger partial charge in [-0.25, -0.2) is 8.42 Å². The molecule has 1 N–H and O–H groups in total. The molecule has 192 valence electrons. The minimum absolute atomic E-state index is 0.0140. The molecule has 1 saturated carbocycles. The number of methoxy groups -OCH3 is 1. The highest BCUT2D eigenvalue weighted by molar-refractivity contribution is 7.88. The lowest BCUT2D eigenvalue weighted by Crippen LogP contribution is -2.53. The number of hydrogen-bond donors (Lipinski definition) is 1. The van der Waals surface area contributed by atoms with Crippen LogP contribution in [0.2, 0.25) is 0 Å². The summed E-state index contributed by atoms with van der Waals surface area (Å²) < 4.78 is 37.7. The quantitative estimate of drug-likeness (QED) is 0.637. The molecule has 0 aromatic heterocycles. The van der Waals surface area contributed by atoms with Crippen LogP contribution in [0.15, 0.2) is 42.5 Å². The molecule has 2 atom stereocenters. The number of sulfonamides is 1. The summed E-state index contributed by atoms with van der Waals surface area (Å²) in [7, 11) is -1.79. The predicted molar refractivity (Wildman–Crippen MR) is 134 cm³/mol. The molecule has 2 aromatic rings. The van der Waals surface area contributed by atoms with Gasteiger partial charge in [0, 0.05) is 31.5 Å². The number of piperidine rings is 1. The highest BCUT2D eigenvalue weighted by atomic mass is 32.2. The molecule has 1 saturated heterocycles. The zero-order valence-electron chi connectivity index (χ0n) is 20.5. The lowest BCUT2D eigenvalue weighted by molar-refractivity contribution is -0.117. The molecule has 2 aliphatic heterocycles. The number of fused-ring (bicyclic) bond motifs is 2. The summed E-state index contributed by atoms with van der Waals surface area (Å²) in [6.07, 6.45) is 3.01. The van der Waals surface area contributed by atoms with Crippen LogP contribution in [0.1, 0.15) is 35.2 Å². The average molecular weight is 514 g/mol. The fourth-order valence-corrected chi connectivity index (χ4v) is 5.72. The van der Waals surface area contributed by atoms with E-state index in [0.717, 1.165) is 24.2 Å². The van der Waals surface area contributed by atoms with Gasteiger partial charge in [-0.1, -0.05) is 18.2 Å². The average Bonchev–Trinajstić information content (AvgIpc) is 3.70. The van der Waals surface area contributed by atoms with E-state index in [1.54, 1.807) is 30.2 Å². The van der Waals surface area contributed by atoms with Gasteiger partial charge < -0.3 is 19.7 Å². The third kappa shape index (κ3) is 5.19. The molecule has 3 aliphatic rings. The van der Waals surface area contributed by atoms with Crippen molar-refractivity contribution in [2.24, 2.45) is 11.8 Å². The molecule has 1 aliphatic carbocycles. The van der Waals surface area contributed by atoms with Crippen molar-refractivity contribution >= 4 is 27.5 Å². The minimum atomic E-state index is -3.40. The Morgan fingerprint density at radius 3 is 2.53 bits per heavy atom. The molecular formula is C26H31N3O6S. The Morgan fingerprint density at radius 2 is 1.86 bits per heavy atom. The van der Waals surface area contributed by atoms with Gasteiger partial charge in [0.25, 0.3) is 5.91 Å². The summed E-state index contributed by atoms with van der Waals surface area (Å²) in [6.45, 7) is 1.39. The Bertz CT molecular complexity index is 1260. The number of carbonyl (C=O) groups is 2. The second-order valence-corrected chi connectivity index (χ2v) is 11.8. The van der Waals surface area contributed by atoms with Gasteiger partial charge in [-0.05, 0) is 49.1 Å². The third-order valence-electron chi connectivity index (χ3n) is 7.12. The highest BCUT2D eigenvalue weighted by Crippen LogP contribution is 2.38. The van der Waals surface area contributed by atoms with E-state index < -0.39 is 16.1 Å². The number of rotatable bonds is 6. The van der Waals surface area contributed by atoms with E-state index in [2.05, 4.69) is 5.32 Å². The normalized spacial score (nSPS) is 22.5. The summed E-state index contributed by atoms with van der Waals surface area (Å²) in [6, 6.07) is 12.7. The lowest BCUT2D eigenvalue weighted by Gasteiger charge is -2.41. The number of benzene rings is 2. The van der Waals surface area contributed by atoms with E-state index in [4.69, 9.17) is 9.47 Å². The van der Waals surface area contributed by atoms with Gasteiger partial charge >= 0.3 is 0 Å². The number of amides is 2. The molecule has 0 bridgehead atoms. The molecule has 0 unspecified atom stereocenters. The number of ether oxygens (including phenoxy) is 2. The van der Waals surface area contributed by atoms with Crippen LogP contribution in [0.5, 0.6) is 11.5 Å². The smallest absolute Gasteiger partial charge is 0.258 e. The second-order valence-electron chi connectivity index (χ2n) is 9.81. The van der Waals surface area contributed by atoms with Crippen LogP contribution in [0.3, 0.4) is 0 Å². The van der Waals surface area contributed by atoms with Crippen LogP contribution in [0.4, 0.5) is 5.69 Å². The maximum absolute atomic E-state index is 13.8. The van der Waals surface area contributed by atoms with Crippen molar-refractivity contribution in [2.75, 3.05) is 38.3 Å². The van der Waals surface area contributed by atoms with Gasteiger partial charge in [-0.15, -0.1) is 0 Å². The van der Waals surface area contributed by atoms with Gasteiger partial charge in [0.15, 0.2) is 5.75 Å². The van der Waals surface area contributed by atoms with Crippen molar-refractivity contribution in [2.45, 2.75) is 31.9 Å². The molecule has 2 fully saturated rings. The molecule has 9 nitrogen and oxygen atoms in total. The first-order valence-electron chi connectivity index (χ1n) is 12.2. The molecule has 2 aromatic carbocycles. The summed E-state index contributed by atoms with van der Waals surface area (Å²) in [5, 5.41) is 2.93. The van der Waals surface area contributed by atoms with Crippen molar-refractivity contribution in [1.82, 2.24) is 9.21 Å². The Kier molecular flexibility index (Phi) is 6.65. The zero-order chi connectivity index (χ0) is 25.4. The van der Waals surface area contributed by atoms with E-state index in [0.29, 0.717) is 43.1 Å². The Labute approximate surface area is 211 Å². The molecule has 10 heteroatoms. The van der Waals surface area contributed by atoms with Crippen LogP contribution in [0, 0.1) is 11.8 Å². The second kappa shape index (κ2) is 9.74. The fourth-order valence-electron chi connectivity index (χ4n) is 4.87. The van der Waals surface area contributed by atoms with Crippen LogP contribution in [0.25, 0.3) is 0 Å². The molecule has 5 rings (SSSR count). The van der Waals surface area contributed by atoms with Crippen molar-refractivity contribution in [1.29, 1.82) is 0 Å². The van der Waals surface area contributed by atoms with Gasteiger partial charge in [-0.3, -0.25) is 9.59 Å². The molecular weight excluding hydrogens is 482 g/mol. The predicted octanol–water partition coefficient (Wildman–Crippen LogP) is 2.73. The number of carbonyl (C=O) groups excluding carboxylic acids is 2. The first-order valence-corrected chi connectivity index (χ1v) is 14.1. The topological polar surface area (TPSA) is 105 Å². The van der Waals surface area contributed by atoms with Crippen molar-refractivity contribution in [3.8, 4) is 11.5 Å². The van der Waals surface area contributed by atoms with Crippen molar-refractivity contribution in [3.63, 3.8) is 0 Å². The molecule has 0 spiro atoms. The van der Waals surface area contributed by atoms with E-state index in [1.165, 1.54) is 10.6 Å². The van der Waals surface area contributed by atoms with Crippen LogP contribution in [-0.4, -0.2) is 68.5 Å². The minimum Gasteiger partial charge on any atom is -0.497 e. The van der Waals surface area contributed by atoms with Gasteiger partial charge in [-0.2, -0.15) is 4.31 Å². The number of nitrogens with one attached hydrogen (secondary N) is 1. The van der Waals surface area contributed by atoms with E-state index >= 15 is 0 Å². The fraction of sp³-hybridized carbons (Fsp3) is 0.462. The first-order chi connectivity index (χ1) is 17.2. The van der Waals surface area contributed by atoms with E-state index in [1.807, 2.05) is 24.3 Å². The Balaban J connectivity index is 1.51. The summed E-state index contributed by atoms with van der Waals surface area (Å²) in [5.41, 5.74) is 1.75. The van der Waals surface area contributed by atoms with E-state index in [9.17, 15) is 18.0 Å². The molecule has 0 radical (unpaired) electrons. The lowest BCUT2D eigenvalue weighted by atomic mass is 9.92. The van der Waals surface area contributed by atoms with Crippen LogP contribution < -0.4 is 14.8 Å². The van der Waals surface area contributed by atoms with Crippen molar-refractivity contribution < 1.29 is 27.5 Å². The largest absolute Gasteiger partial charge is 0.497 e. The SMILES string of the molecule is COc1ccc(CN2C[C@@H]3CCN(S(C)(=O)=O)C[C@@H]3Oc3c(NC(=O)C4CC4)cccc3C2=O)cc1. The number of hydrogen-bond acceptors (Lipinski definition) is 6. The summed E-state index contributed by atoms with van der Waals surface area (Å²) in [5.74, 6) is 0.689. The van der Waals surface area contributed by atoms with Gasteiger partial charge in [0.05, 0.1) is 31.2 Å². The van der Waals surface area contributed by atoms with Crippen LogP contribution >= 0.6 is 0 Å². The summed E-state index contributed by atoms with van der Waals surface area (Å²) in [4.78, 5) is 28.2. The maximum Gasteiger partial charge on any atom is 0.258 e. The van der Waals surface area contributed by atoms with Crippen LogP contribution in [-0.2, 0) is 21.4 Å². The zero-order valence-corrected chi connectivity index (χ0v) is 21.3. The van der Waals surface area contributed by atoms with Gasteiger partial charge in [0.2, 0.25) is 15.9 Å². The third-order valence-corrected chi connectivity index (χ3v) is 8.39. The summed E-state index contributed by atoms with van der Waals surface area (Å²) >= 11 is 0. The number of nitrogens with zero attached hydrogens (tertiary/aromatic N) is 2.